The number of para-hydroxylation sites is 1. The van der Waals surface area contributed by atoms with E-state index in [0.29, 0.717) is 5.89 Å². The van der Waals surface area contributed by atoms with Crippen molar-refractivity contribution in [2.24, 2.45) is 0 Å². The Morgan fingerprint density at radius 2 is 1.84 bits per heavy atom. The maximum Gasteiger partial charge on any atom is 0.226 e. The Hall–Kier alpha value is -1.55. The minimum absolute atomic E-state index is 0. The molecule has 4 nitrogen and oxygen atoms in total. The van der Waals surface area contributed by atoms with Crippen molar-refractivity contribution in [3.63, 3.8) is 0 Å². The van der Waals surface area contributed by atoms with Crippen LogP contribution in [0.4, 0.5) is 5.69 Å². The van der Waals surface area contributed by atoms with Gasteiger partial charge in [-0.3, -0.25) is 0 Å². The van der Waals surface area contributed by atoms with Gasteiger partial charge in [-0.15, -0.1) is 12.4 Å². The smallest absolute Gasteiger partial charge is 0.226 e. The second-order valence-electron chi connectivity index (χ2n) is 5.46. The number of hydrogen-bond donors (Lipinski definition) is 1. The molecule has 0 unspecified atom stereocenters. The van der Waals surface area contributed by atoms with E-state index < -0.39 is 0 Å². The van der Waals surface area contributed by atoms with Gasteiger partial charge in [0.05, 0.1) is 0 Å². The first kappa shape index (κ1) is 15.5. The van der Waals surface area contributed by atoms with Gasteiger partial charge in [0.1, 0.15) is 0 Å². The van der Waals surface area contributed by atoms with Gasteiger partial charge in [0, 0.05) is 17.5 Å². The highest BCUT2D eigenvalue weighted by Crippen LogP contribution is 2.19. The summed E-state index contributed by atoms with van der Waals surface area (Å²) < 4.78 is 5.25. The lowest BCUT2D eigenvalue weighted by Crippen LogP contribution is -2.13. The average Bonchev–Trinajstić information content (AvgIpc) is 2.76. The fourth-order valence-electron chi connectivity index (χ4n) is 1.66. The van der Waals surface area contributed by atoms with Crippen LogP contribution in [0.3, 0.4) is 0 Å². The van der Waals surface area contributed by atoms with Gasteiger partial charge in [0.2, 0.25) is 5.89 Å². The molecule has 2 aromatic rings. The highest BCUT2D eigenvalue weighted by molar-refractivity contribution is 5.85. The second kappa shape index (κ2) is 6.06. The third-order valence-electron chi connectivity index (χ3n) is 2.80. The van der Waals surface area contributed by atoms with E-state index in [4.69, 9.17) is 10.3 Å². The average molecular weight is 282 g/mol. The molecule has 2 rings (SSSR count). The molecule has 5 heteroatoms. The maximum absolute atomic E-state index is 5.89. The molecule has 1 aromatic heterocycles. The molecule has 0 aliphatic carbocycles. The third kappa shape index (κ3) is 3.96. The van der Waals surface area contributed by atoms with Gasteiger partial charge in [-0.25, -0.2) is 0 Å². The Kier molecular flexibility index (Phi) is 4.95. The van der Waals surface area contributed by atoms with Crippen LogP contribution in [-0.4, -0.2) is 10.1 Å². The van der Waals surface area contributed by atoms with E-state index in [1.165, 1.54) is 0 Å². The lowest BCUT2D eigenvalue weighted by atomic mass is 9.96. The van der Waals surface area contributed by atoms with E-state index in [-0.39, 0.29) is 17.8 Å². The Morgan fingerprint density at radius 3 is 2.42 bits per heavy atom. The molecular formula is C14H20ClN3O. The molecule has 0 aliphatic rings. The van der Waals surface area contributed by atoms with E-state index in [2.05, 4.69) is 30.9 Å². The van der Waals surface area contributed by atoms with Crippen molar-refractivity contribution in [1.29, 1.82) is 0 Å². The third-order valence-corrected chi connectivity index (χ3v) is 2.80. The van der Waals surface area contributed by atoms with E-state index >= 15 is 0 Å². The molecule has 0 atom stereocenters. The van der Waals surface area contributed by atoms with E-state index in [1.807, 2.05) is 24.3 Å². The molecule has 104 valence electrons. The van der Waals surface area contributed by atoms with E-state index in [0.717, 1.165) is 29.9 Å². The summed E-state index contributed by atoms with van der Waals surface area (Å²) in [6.45, 7) is 6.20. The zero-order chi connectivity index (χ0) is 13.2. The lowest BCUT2D eigenvalue weighted by molar-refractivity contribution is 0.363. The Labute approximate surface area is 119 Å². The summed E-state index contributed by atoms with van der Waals surface area (Å²) in [5.41, 5.74) is 7.75. The lowest BCUT2D eigenvalue weighted by Gasteiger charge is -2.10. The van der Waals surface area contributed by atoms with Crippen molar-refractivity contribution in [3.05, 3.63) is 41.5 Å². The number of nitrogens with zero attached hydrogens (tertiary/aromatic N) is 2. The van der Waals surface area contributed by atoms with Crippen molar-refractivity contribution >= 4 is 18.1 Å². The molecule has 1 heterocycles. The van der Waals surface area contributed by atoms with Crippen molar-refractivity contribution in [2.75, 3.05) is 5.73 Å². The second-order valence-corrected chi connectivity index (χ2v) is 5.46. The molecule has 0 saturated carbocycles. The monoisotopic (exact) mass is 281 g/mol. The fourth-order valence-corrected chi connectivity index (χ4v) is 1.66. The van der Waals surface area contributed by atoms with Gasteiger partial charge in [-0.1, -0.05) is 44.1 Å². The number of nitrogen functional groups attached to an aromatic ring is 1. The van der Waals surface area contributed by atoms with Crippen LogP contribution in [0.2, 0.25) is 0 Å². The summed E-state index contributed by atoms with van der Waals surface area (Å²) >= 11 is 0. The van der Waals surface area contributed by atoms with E-state index in [1.54, 1.807) is 0 Å². The molecular weight excluding hydrogens is 262 g/mol. The summed E-state index contributed by atoms with van der Waals surface area (Å²) in [7, 11) is 0. The van der Waals surface area contributed by atoms with Crippen LogP contribution in [0.1, 0.15) is 38.0 Å². The predicted octanol–water partition coefficient (Wildman–Crippen LogP) is 3.16. The SMILES string of the molecule is CC(C)(C)c1noc(CCc2ccccc2N)n1.Cl. The summed E-state index contributed by atoms with van der Waals surface area (Å²) in [6.07, 6.45) is 1.54. The number of benzene rings is 1. The molecule has 1 aromatic carbocycles. The Balaban J connectivity index is 0.00000180. The molecule has 0 radical (unpaired) electrons. The minimum atomic E-state index is -0.0759. The van der Waals surface area contributed by atoms with Crippen molar-refractivity contribution < 1.29 is 4.52 Å². The zero-order valence-electron chi connectivity index (χ0n) is 11.5. The molecule has 0 amide bonds. The van der Waals surface area contributed by atoms with Gasteiger partial charge in [0.25, 0.3) is 0 Å². The number of anilines is 1. The Bertz CT molecular complexity index is 531. The molecule has 0 bridgehead atoms. The van der Waals surface area contributed by atoms with Crippen LogP contribution in [0, 0.1) is 0 Å². The van der Waals surface area contributed by atoms with Crippen LogP contribution in [0.5, 0.6) is 0 Å². The van der Waals surface area contributed by atoms with Crippen molar-refractivity contribution in [3.8, 4) is 0 Å². The minimum Gasteiger partial charge on any atom is -0.399 e. The fraction of sp³-hybridized carbons (Fsp3) is 0.429. The first-order chi connectivity index (χ1) is 8.47. The number of hydrogen-bond acceptors (Lipinski definition) is 4. The first-order valence-electron chi connectivity index (χ1n) is 6.13. The summed E-state index contributed by atoms with van der Waals surface area (Å²) in [6, 6.07) is 7.85. The Morgan fingerprint density at radius 1 is 1.16 bits per heavy atom. The molecule has 0 saturated heterocycles. The summed E-state index contributed by atoms with van der Waals surface area (Å²) in [5, 5.41) is 4.00. The quantitative estimate of drug-likeness (QED) is 0.878. The van der Waals surface area contributed by atoms with Gasteiger partial charge >= 0.3 is 0 Å². The number of nitrogens with two attached hydrogens (primary N) is 1. The van der Waals surface area contributed by atoms with Crippen LogP contribution < -0.4 is 5.73 Å². The topological polar surface area (TPSA) is 64.9 Å². The van der Waals surface area contributed by atoms with Crippen molar-refractivity contribution in [1.82, 2.24) is 10.1 Å². The molecule has 0 aliphatic heterocycles. The molecule has 0 spiro atoms. The molecule has 19 heavy (non-hydrogen) atoms. The van der Waals surface area contributed by atoms with Crippen LogP contribution in [-0.2, 0) is 18.3 Å². The summed E-state index contributed by atoms with van der Waals surface area (Å²) in [5.74, 6) is 1.42. The maximum atomic E-state index is 5.89. The highest BCUT2D eigenvalue weighted by atomic mass is 35.5. The van der Waals surface area contributed by atoms with Gasteiger partial charge in [-0.2, -0.15) is 4.98 Å². The largest absolute Gasteiger partial charge is 0.399 e. The first-order valence-corrected chi connectivity index (χ1v) is 6.13. The standard InChI is InChI=1S/C14H19N3O.ClH/c1-14(2,3)13-16-12(18-17-13)9-8-10-6-4-5-7-11(10)15;/h4-7H,8-9,15H2,1-3H3;1H. The number of halogens is 1. The predicted molar refractivity (Wildman–Crippen MR) is 78.5 cm³/mol. The van der Waals surface area contributed by atoms with Crippen LogP contribution >= 0.6 is 12.4 Å². The number of rotatable bonds is 3. The molecule has 2 N–H and O–H groups in total. The zero-order valence-corrected chi connectivity index (χ0v) is 12.3. The van der Waals surface area contributed by atoms with Gasteiger partial charge < -0.3 is 10.3 Å². The normalized spacial score (nSPS) is 11.1. The molecule has 0 fully saturated rings. The summed E-state index contributed by atoms with van der Waals surface area (Å²) in [4.78, 5) is 4.41. The van der Waals surface area contributed by atoms with Gasteiger partial charge in [-0.05, 0) is 18.1 Å². The van der Waals surface area contributed by atoms with Crippen molar-refractivity contribution in [2.45, 2.75) is 39.0 Å². The van der Waals surface area contributed by atoms with Crippen LogP contribution in [0.15, 0.2) is 28.8 Å². The number of aryl methyl sites for hydroxylation is 2. The van der Waals surface area contributed by atoms with Crippen LogP contribution in [0.25, 0.3) is 0 Å². The van der Waals surface area contributed by atoms with Gasteiger partial charge in [0.15, 0.2) is 5.82 Å². The highest BCUT2D eigenvalue weighted by Gasteiger charge is 2.20. The van der Waals surface area contributed by atoms with E-state index in [9.17, 15) is 0 Å². The number of aromatic nitrogens is 2.